The van der Waals surface area contributed by atoms with Crippen molar-refractivity contribution in [1.29, 1.82) is 0 Å². The Balaban J connectivity index is 2.60. The fraction of sp³-hybridized carbons (Fsp3) is 0.231. The second-order valence-electron chi connectivity index (χ2n) is 3.73. The second-order valence-corrected chi connectivity index (χ2v) is 4.16. The number of aryl methyl sites for hydroxylation is 1. The molecule has 0 aliphatic carbocycles. The maximum absolute atomic E-state index is 6.01. The molecule has 0 unspecified atom stereocenters. The Labute approximate surface area is 111 Å². The summed E-state index contributed by atoms with van der Waals surface area (Å²) < 4.78 is 10.4. The van der Waals surface area contributed by atoms with E-state index in [2.05, 4.69) is 9.97 Å². The van der Waals surface area contributed by atoms with Gasteiger partial charge in [0.1, 0.15) is 5.75 Å². The van der Waals surface area contributed by atoms with Crippen molar-refractivity contribution in [3.63, 3.8) is 0 Å². The molecule has 2 aromatic rings. The van der Waals surface area contributed by atoms with Gasteiger partial charge in [0.05, 0.1) is 19.9 Å². The minimum atomic E-state index is 0.326. The molecular weight excluding hydrogens is 252 g/mol. The van der Waals surface area contributed by atoms with Crippen LogP contribution in [0.15, 0.2) is 24.3 Å². The highest BCUT2D eigenvalue weighted by Crippen LogP contribution is 2.32. The minimum absolute atomic E-state index is 0.326. The summed E-state index contributed by atoms with van der Waals surface area (Å²) >= 11 is 6.01. The van der Waals surface area contributed by atoms with E-state index in [4.69, 9.17) is 21.1 Å². The normalized spacial score (nSPS) is 10.2. The van der Waals surface area contributed by atoms with Gasteiger partial charge in [-0.15, -0.1) is 0 Å². The number of hydrogen-bond acceptors (Lipinski definition) is 4. The molecule has 0 amide bonds. The molecule has 0 aliphatic heterocycles. The van der Waals surface area contributed by atoms with Crippen molar-refractivity contribution in [1.82, 2.24) is 9.97 Å². The first-order chi connectivity index (χ1) is 8.63. The fourth-order valence-electron chi connectivity index (χ4n) is 1.65. The zero-order chi connectivity index (χ0) is 13.1. The lowest BCUT2D eigenvalue weighted by Crippen LogP contribution is -1.97. The van der Waals surface area contributed by atoms with Gasteiger partial charge in [-0.2, -0.15) is 4.98 Å². The molecule has 0 bridgehead atoms. The lowest BCUT2D eigenvalue weighted by atomic mass is 10.1. The SMILES string of the molecule is COc1nc(C)cc(-c2cc(Cl)ccc2OC)n1. The number of ether oxygens (including phenoxy) is 2. The Kier molecular flexibility index (Phi) is 3.67. The molecule has 2 rings (SSSR count). The highest BCUT2D eigenvalue weighted by atomic mass is 35.5. The number of hydrogen-bond donors (Lipinski definition) is 0. The van der Waals surface area contributed by atoms with Crippen LogP contribution in [0, 0.1) is 6.92 Å². The van der Waals surface area contributed by atoms with Crippen LogP contribution in [0.1, 0.15) is 5.69 Å². The summed E-state index contributed by atoms with van der Waals surface area (Å²) in [5.41, 5.74) is 2.35. The zero-order valence-corrected chi connectivity index (χ0v) is 11.2. The topological polar surface area (TPSA) is 44.2 Å². The van der Waals surface area contributed by atoms with Gasteiger partial charge in [-0.05, 0) is 31.2 Å². The molecule has 0 aliphatic rings. The molecular formula is C13H13ClN2O2. The Hall–Kier alpha value is -1.81. The van der Waals surface area contributed by atoms with Crippen molar-refractivity contribution in [3.8, 4) is 23.0 Å². The van der Waals surface area contributed by atoms with Crippen LogP contribution in [0.5, 0.6) is 11.8 Å². The van der Waals surface area contributed by atoms with Crippen molar-refractivity contribution in [3.05, 3.63) is 35.0 Å². The van der Waals surface area contributed by atoms with Crippen LogP contribution >= 0.6 is 11.6 Å². The molecule has 18 heavy (non-hydrogen) atoms. The number of methoxy groups -OCH3 is 2. The van der Waals surface area contributed by atoms with E-state index in [1.165, 1.54) is 7.11 Å². The van der Waals surface area contributed by atoms with E-state index in [1.807, 2.05) is 25.1 Å². The Bertz CT molecular complexity index is 573. The molecule has 1 aromatic heterocycles. The van der Waals surface area contributed by atoms with Gasteiger partial charge in [-0.25, -0.2) is 4.98 Å². The predicted molar refractivity (Wildman–Crippen MR) is 70.3 cm³/mol. The summed E-state index contributed by atoms with van der Waals surface area (Å²) in [4.78, 5) is 8.45. The van der Waals surface area contributed by atoms with Crippen LogP contribution in [0.2, 0.25) is 5.02 Å². The molecule has 0 saturated heterocycles. The van der Waals surface area contributed by atoms with E-state index in [1.54, 1.807) is 13.2 Å². The Morgan fingerprint density at radius 1 is 1.06 bits per heavy atom. The smallest absolute Gasteiger partial charge is 0.316 e. The van der Waals surface area contributed by atoms with Crippen molar-refractivity contribution < 1.29 is 9.47 Å². The van der Waals surface area contributed by atoms with E-state index in [9.17, 15) is 0 Å². The molecule has 0 saturated carbocycles. The third-order valence-corrected chi connectivity index (χ3v) is 2.69. The average Bonchev–Trinajstić information content (AvgIpc) is 2.38. The second kappa shape index (κ2) is 5.23. The summed E-state index contributed by atoms with van der Waals surface area (Å²) in [6.07, 6.45) is 0. The highest BCUT2D eigenvalue weighted by Gasteiger charge is 2.10. The first-order valence-corrected chi connectivity index (χ1v) is 5.75. The van der Waals surface area contributed by atoms with Crippen molar-refractivity contribution >= 4 is 11.6 Å². The maximum atomic E-state index is 6.01. The Morgan fingerprint density at radius 3 is 2.50 bits per heavy atom. The third-order valence-electron chi connectivity index (χ3n) is 2.45. The molecule has 0 radical (unpaired) electrons. The van der Waals surface area contributed by atoms with Gasteiger partial charge in [0.25, 0.3) is 0 Å². The van der Waals surface area contributed by atoms with E-state index in [0.717, 1.165) is 17.0 Å². The van der Waals surface area contributed by atoms with Crippen LogP contribution in [0.25, 0.3) is 11.3 Å². The number of rotatable bonds is 3. The molecule has 0 atom stereocenters. The molecule has 1 heterocycles. The maximum Gasteiger partial charge on any atom is 0.316 e. The van der Waals surface area contributed by atoms with Crippen LogP contribution in [-0.4, -0.2) is 24.2 Å². The van der Waals surface area contributed by atoms with Crippen molar-refractivity contribution in [2.45, 2.75) is 6.92 Å². The summed E-state index contributed by atoms with van der Waals surface area (Å²) in [5, 5.41) is 0.626. The lowest BCUT2D eigenvalue weighted by Gasteiger charge is -2.09. The van der Waals surface area contributed by atoms with Crippen molar-refractivity contribution in [2.75, 3.05) is 14.2 Å². The van der Waals surface area contributed by atoms with E-state index < -0.39 is 0 Å². The summed E-state index contributed by atoms with van der Waals surface area (Å²) in [6, 6.07) is 7.57. The van der Waals surface area contributed by atoms with Crippen LogP contribution < -0.4 is 9.47 Å². The largest absolute Gasteiger partial charge is 0.496 e. The van der Waals surface area contributed by atoms with Crippen LogP contribution in [0.4, 0.5) is 0 Å². The standard InChI is InChI=1S/C13H13ClN2O2/c1-8-6-11(16-13(15-8)18-3)10-7-9(14)4-5-12(10)17-2/h4-7H,1-3H3. The minimum Gasteiger partial charge on any atom is -0.496 e. The van der Waals surface area contributed by atoms with Crippen molar-refractivity contribution in [2.24, 2.45) is 0 Å². The Morgan fingerprint density at radius 2 is 1.83 bits per heavy atom. The summed E-state index contributed by atoms with van der Waals surface area (Å²) in [7, 11) is 3.14. The zero-order valence-electron chi connectivity index (χ0n) is 10.4. The van der Waals surface area contributed by atoms with Gasteiger partial charge in [0, 0.05) is 16.3 Å². The number of halogens is 1. The molecule has 0 spiro atoms. The lowest BCUT2D eigenvalue weighted by molar-refractivity contribution is 0.379. The van der Waals surface area contributed by atoms with Crippen LogP contribution in [-0.2, 0) is 0 Å². The quantitative estimate of drug-likeness (QED) is 0.854. The molecule has 1 aromatic carbocycles. The first kappa shape index (κ1) is 12.6. The number of aromatic nitrogens is 2. The van der Waals surface area contributed by atoms with Gasteiger partial charge in [-0.3, -0.25) is 0 Å². The fourth-order valence-corrected chi connectivity index (χ4v) is 1.82. The van der Waals surface area contributed by atoms with E-state index in [-0.39, 0.29) is 0 Å². The summed E-state index contributed by atoms with van der Waals surface area (Å²) in [6.45, 7) is 1.88. The van der Waals surface area contributed by atoms with Gasteiger partial charge in [-0.1, -0.05) is 11.6 Å². The van der Waals surface area contributed by atoms with Crippen LogP contribution in [0.3, 0.4) is 0 Å². The van der Waals surface area contributed by atoms with E-state index >= 15 is 0 Å². The van der Waals surface area contributed by atoms with Gasteiger partial charge in [0.15, 0.2) is 0 Å². The predicted octanol–water partition coefficient (Wildman–Crippen LogP) is 3.12. The monoisotopic (exact) mass is 264 g/mol. The van der Waals surface area contributed by atoms with Gasteiger partial charge < -0.3 is 9.47 Å². The molecule has 5 heteroatoms. The average molecular weight is 265 g/mol. The van der Waals surface area contributed by atoms with E-state index in [0.29, 0.717) is 16.8 Å². The molecule has 94 valence electrons. The molecule has 0 N–H and O–H groups in total. The summed E-state index contributed by atoms with van der Waals surface area (Å²) in [5.74, 6) is 0.708. The van der Waals surface area contributed by atoms with Gasteiger partial charge >= 0.3 is 6.01 Å². The molecule has 0 fully saturated rings. The molecule has 4 nitrogen and oxygen atoms in total. The first-order valence-electron chi connectivity index (χ1n) is 5.37. The number of nitrogens with zero attached hydrogens (tertiary/aromatic N) is 2. The third kappa shape index (κ3) is 2.54. The number of benzene rings is 1. The van der Waals surface area contributed by atoms with Gasteiger partial charge in [0.2, 0.25) is 0 Å². The highest BCUT2D eigenvalue weighted by molar-refractivity contribution is 6.30.